The van der Waals surface area contributed by atoms with Gasteiger partial charge in [0.15, 0.2) is 0 Å². The predicted octanol–water partition coefficient (Wildman–Crippen LogP) is 3.74. The van der Waals surface area contributed by atoms with Gasteiger partial charge in [0, 0.05) is 25.3 Å². The minimum atomic E-state index is -0.432. The first-order chi connectivity index (χ1) is 10.3. The molecule has 1 amide bonds. The molecule has 0 spiro atoms. The number of nitrogens with one attached hydrogen (secondary N) is 1. The second-order valence-corrected chi connectivity index (χ2v) is 7.15. The van der Waals surface area contributed by atoms with E-state index >= 15 is 0 Å². The van der Waals surface area contributed by atoms with Gasteiger partial charge in [-0.2, -0.15) is 0 Å². The molecule has 1 aliphatic rings. The van der Waals surface area contributed by atoms with Crippen molar-refractivity contribution in [2.45, 2.75) is 46.1 Å². The van der Waals surface area contributed by atoms with Crippen LogP contribution in [0, 0.1) is 12.8 Å². The summed E-state index contributed by atoms with van der Waals surface area (Å²) >= 11 is 0. The van der Waals surface area contributed by atoms with E-state index in [-0.39, 0.29) is 6.09 Å². The van der Waals surface area contributed by atoms with Gasteiger partial charge in [0.25, 0.3) is 0 Å². The van der Waals surface area contributed by atoms with E-state index in [4.69, 9.17) is 4.74 Å². The Morgan fingerprint density at radius 2 is 1.82 bits per heavy atom. The Labute approximate surface area is 133 Å². The van der Waals surface area contributed by atoms with Crippen molar-refractivity contribution in [2.75, 3.05) is 24.5 Å². The van der Waals surface area contributed by atoms with Gasteiger partial charge in [-0.3, -0.25) is 0 Å². The zero-order valence-electron chi connectivity index (χ0n) is 14.2. The van der Waals surface area contributed by atoms with Gasteiger partial charge in [0.05, 0.1) is 0 Å². The smallest absolute Gasteiger partial charge is 0.407 e. The number of ether oxygens (including phenoxy) is 1. The molecule has 0 aliphatic carbocycles. The summed E-state index contributed by atoms with van der Waals surface area (Å²) in [5, 5.41) is 2.89. The average molecular weight is 304 g/mol. The molecule has 4 nitrogen and oxygen atoms in total. The zero-order chi connectivity index (χ0) is 16.2. The number of benzene rings is 1. The molecule has 22 heavy (non-hydrogen) atoms. The second-order valence-electron chi connectivity index (χ2n) is 7.15. The highest BCUT2D eigenvalue weighted by molar-refractivity contribution is 5.67. The van der Waals surface area contributed by atoms with Crippen LogP contribution < -0.4 is 10.2 Å². The van der Waals surface area contributed by atoms with E-state index < -0.39 is 5.60 Å². The van der Waals surface area contributed by atoms with Crippen LogP contribution in [-0.4, -0.2) is 31.3 Å². The van der Waals surface area contributed by atoms with Gasteiger partial charge in [-0.25, -0.2) is 4.79 Å². The van der Waals surface area contributed by atoms with Crippen LogP contribution >= 0.6 is 0 Å². The molecule has 1 aromatic rings. The van der Waals surface area contributed by atoms with Gasteiger partial charge in [-0.1, -0.05) is 17.7 Å². The van der Waals surface area contributed by atoms with Crippen molar-refractivity contribution in [3.63, 3.8) is 0 Å². The summed E-state index contributed by atoms with van der Waals surface area (Å²) in [5.74, 6) is 0.536. The van der Waals surface area contributed by atoms with Gasteiger partial charge in [-0.15, -0.1) is 0 Å². The second kappa shape index (κ2) is 7.03. The Bertz CT molecular complexity index is 483. The number of aryl methyl sites for hydroxylation is 1. The van der Waals surface area contributed by atoms with Crippen LogP contribution in [0.25, 0.3) is 0 Å². The standard InChI is InChI=1S/C18H28N2O2/c1-14-5-7-16(8-6-14)20-11-9-15(10-12-20)13-19-17(21)22-18(2,3)4/h5-8,15H,9-13H2,1-4H3,(H,19,21). The number of rotatable bonds is 3. The van der Waals surface area contributed by atoms with Gasteiger partial charge in [0.1, 0.15) is 5.60 Å². The lowest BCUT2D eigenvalue weighted by Gasteiger charge is -2.33. The minimum Gasteiger partial charge on any atom is -0.444 e. The molecule has 0 saturated carbocycles. The molecule has 1 fully saturated rings. The summed E-state index contributed by atoms with van der Waals surface area (Å²) in [7, 11) is 0. The third-order valence-corrected chi connectivity index (χ3v) is 3.95. The SMILES string of the molecule is Cc1ccc(N2CCC(CNC(=O)OC(C)(C)C)CC2)cc1. The third kappa shape index (κ3) is 5.24. The Morgan fingerprint density at radius 3 is 2.36 bits per heavy atom. The Balaban J connectivity index is 1.73. The fourth-order valence-corrected chi connectivity index (χ4v) is 2.69. The van der Waals surface area contributed by atoms with Crippen LogP contribution in [0.4, 0.5) is 10.5 Å². The fraction of sp³-hybridized carbons (Fsp3) is 0.611. The largest absolute Gasteiger partial charge is 0.444 e. The monoisotopic (exact) mass is 304 g/mol. The maximum atomic E-state index is 11.7. The van der Waals surface area contributed by atoms with E-state index in [1.165, 1.54) is 11.3 Å². The topological polar surface area (TPSA) is 41.6 Å². The molecule has 1 aliphatic heterocycles. The molecule has 0 aromatic heterocycles. The first kappa shape index (κ1) is 16.7. The van der Waals surface area contributed by atoms with Crippen LogP contribution in [0.1, 0.15) is 39.2 Å². The van der Waals surface area contributed by atoms with Crippen molar-refractivity contribution < 1.29 is 9.53 Å². The molecule has 1 saturated heterocycles. The van der Waals surface area contributed by atoms with Crippen LogP contribution in [0.2, 0.25) is 0 Å². The Morgan fingerprint density at radius 1 is 1.23 bits per heavy atom. The highest BCUT2D eigenvalue weighted by atomic mass is 16.6. The lowest BCUT2D eigenvalue weighted by atomic mass is 9.96. The lowest BCUT2D eigenvalue weighted by molar-refractivity contribution is 0.0517. The van der Waals surface area contributed by atoms with Crippen LogP contribution in [0.5, 0.6) is 0 Å². The van der Waals surface area contributed by atoms with Crippen LogP contribution in [0.3, 0.4) is 0 Å². The normalized spacial score (nSPS) is 16.5. The van der Waals surface area contributed by atoms with Crippen molar-refractivity contribution in [1.82, 2.24) is 5.32 Å². The van der Waals surface area contributed by atoms with Gasteiger partial charge < -0.3 is 15.0 Å². The molecule has 4 heteroatoms. The predicted molar refractivity (Wildman–Crippen MR) is 90.4 cm³/mol. The van der Waals surface area contributed by atoms with Gasteiger partial charge in [0.2, 0.25) is 0 Å². The summed E-state index contributed by atoms with van der Waals surface area (Å²) in [6.45, 7) is 10.5. The molecule has 0 atom stereocenters. The Hall–Kier alpha value is -1.71. The van der Waals surface area contributed by atoms with Gasteiger partial charge in [-0.05, 0) is 58.6 Å². The highest BCUT2D eigenvalue weighted by Gasteiger charge is 2.21. The summed E-state index contributed by atoms with van der Waals surface area (Å²) < 4.78 is 5.27. The van der Waals surface area contributed by atoms with E-state index in [9.17, 15) is 4.79 Å². The molecule has 1 heterocycles. The van der Waals surface area contributed by atoms with E-state index in [2.05, 4.69) is 41.4 Å². The van der Waals surface area contributed by atoms with Crippen molar-refractivity contribution in [3.05, 3.63) is 29.8 Å². The van der Waals surface area contributed by atoms with Crippen molar-refractivity contribution in [1.29, 1.82) is 0 Å². The number of amides is 1. The van der Waals surface area contributed by atoms with Gasteiger partial charge >= 0.3 is 6.09 Å². The maximum Gasteiger partial charge on any atom is 0.407 e. The van der Waals surface area contributed by atoms with E-state index in [0.717, 1.165) is 25.9 Å². The number of nitrogens with zero attached hydrogens (tertiary/aromatic N) is 1. The summed E-state index contributed by atoms with van der Waals surface area (Å²) in [5.41, 5.74) is 2.16. The van der Waals surface area contributed by atoms with Crippen LogP contribution in [-0.2, 0) is 4.74 Å². The number of piperidine rings is 1. The number of carbonyl (C=O) groups is 1. The molecule has 1 aromatic carbocycles. The summed E-state index contributed by atoms with van der Waals surface area (Å²) in [6, 6.07) is 8.69. The number of hydrogen-bond acceptors (Lipinski definition) is 3. The first-order valence-corrected chi connectivity index (χ1v) is 8.12. The number of hydrogen-bond donors (Lipinski definition) is 1. The minimum absolute atomic E-state index is 0.312. The summed E-state index contributed by atoms with van der Waals surface area (Å²) in [6.07, 6.45) is 1.89. The fourth-order valence-electron chi connectivity index (χ4n) is 2.69. The molecule has 0 radical (unpaired) electrons. The lowest BCUT2D eigenvalue weighted by Crippen LogP contribution is -2.40. The van der Waals surface area contributed by atoms with Crippen molar-refractivity contribution in [2.24, 2.45) is 5.92 Å². The third-order valence-electron chi connectivity index (χ3n) is 3.95. The highest BCUT2D eigenvalue weighted by Crippen LogP contribution is 2.23. The molecule has 1 N–H and O–H groups in total. The van der Waals surface area contributed by atoms with E-state index in [1.807, 2.05) is 20.8 Å². The molecular formula is C18H28N2O2. The molecule has 0 bridgehead atoms. The summed E-state index contributed by atoms with van der Waals surface area (Å²) in [4.78, 5) is 14.1. The van der Waals surface area contributed by atoms with Crippen LogP contribution in [0.15, 0.2) is 24.3 Å². The number of carbonyl (C=O) groups excluding carboxylic acids is 1. The molecule has 122 valence electrons. The Kier molecular flexibility index (Phi) is 5.33. The zero-order valence-corrected chi connectivity index (χ0v) is 14.2. The van der Waals surface area contributed by atoms with Crippen molar-refractivity contribution >= 4 is 11.8 Å². The maximum absolute atomic E-state index is 11.7. The molecule has 0 unspecified atom stereocenters. The van der Waals surface area contributed by atoms with Crippen molar-refractivity contribution in [3.8, 4) is 0 Å². The number of anilines is 1. The molecular weight excluding hydrogens is 276 g/mol. The average Bonchev–Trinajstić information content (AvgIpc) is 2.45. The first-order valence-electron chi connectivity index (χ1n) is 8.12. The van der Waals surface area contributed by atoms with E-state index in [1.54, 1.807) is 0 Å². The quantitative estimate of drug-likeness (QED) is 0.925. The number of alkyl carbamates (subject to hydrolysis) is 1. The molecule has 2 rings (SSSR count). The van der Waals surface area contributed by atoms with E-state index in [0.29, 0.717) is 12.5 Å².